The van der Waals surface area contributed by atoms with Crippen molar-refractivity contribution < 1.29 is 4.74 Å². The van der Waals surface area contributed by atoms with Gasteiger partial charge in [-0.1, -0.05) is 56.5 Å². The number of fused-ring (bicyclic) bond motifs is 1. The SMILES string of the molecule is CCCCCCOc1ccc(CN)c2ccccc12. The standard InChI is InChI=1S/C17H23NO/c1-2-3-4-7-12-19-17-11-10-14(13-18)15-8-5-6-9-16(15)17/h5-6,8-11H,2-4,7,12-13,18H2,1H3. The maximum atomic E-state index is 5.92. The molecule has 0 aliphatic heterocycles. The van der Waals surface area contributed by atoms with Crippen molar-refractivity contribution in [1.82, 2.24) is 0 Å². The normalized spacial score (nSPS) is 10.8. The van der Waals surface area contributed by atoms with E-state index in [0.717, 1.165) is 18.8 Å². The zero-order valence-electron chi connectivity index (χ0n) is 11.7. The van der Waals surface area contributed by atoms with Crippen LogP contribution in [0.1, 0.15) is 38.2 Å². The van der Waals surface area contributed by atoms with E-state index in [0.29, 0.717) is 6.54 Å². The molecule has 0 heterocycles. The summed E-state index contributed by atoms with van der Waals surface area (Å²) in [5.74, 6) is 0.976. The minimum absolute atomic E-state index is 0.567. The lowest BCUT2D eigenvalue weighted by Crippen LogP contribution is -2.01. The van der Waals surface area contributed by atoms with Gasteiger partial charge in [-0.2, -0.15) is 0 Å². The van der Waals surface area contributed by atoms with Crippen molar-refractivity contribution in [2.75, 3.05) is 6.61 Å². The molecule has 0 radical (unpaired) electrons. The van der Waals surface area contributed by atoms with E-state index in [1.54, 1.807) is 0 Å². The molecule has 0 aliphatic rings. The largest absolute Gasteiger partial charge is 0.493 e. The number of hydrogen-bond acceptors (Lipinski definition) is 2. The zero-order valence-corrected chi connectivity index (χ0v) is 11.7. The molecular formula is C17H23NO. The van der Waals surface area contributed by atoms with Crippen LogP contribution in [-0.4, -0.2) is 6.61 Å². The Bertz CT molecular complexity index is 522. The number of hydrogen-bond donors (Lipinski definition) is 1. The lowest BCUT2D eigenvalue weighted by Gasteiger charge is -2.11. The van der Waals surface area contributed by atoms with Crippen LogP contribution >= 0.6 is 0 Å². The summed E-state index contributed by atoms with van der Waals surface area (Å²) in [6.45, 7) is 3.59. The summed E-state index contributed by atoms with van der Waals surface area (Å²) in [5.41, 5.74) is 6.96. The molecule has 0 spiro atoms. The lowest BCUT2D eigenvalue weighted by atomic mass is 10.0. The van der Waals surface area contributed by atoms with Crippen molar-refractivity contribution in [1.29, 1.82) is 0 Å². The van der Waals surface area contributed by atoms with E-state index in [-0.39, 0.29) is 0 Å². The van der Waals surface area contributed by atoms with E-state index >= 15 is 0 Å². The third-order valence-corrected chi connectivity index (χ3v) is 3.45. The minimum Gasteiger partial charge on any atom is -0.493 e. The zero-order chi connectivity index (χ0) is 13.5. The average Bonchev–Trinajstić information content (AvgIpc) is 2.47. The first-order valence-corrected chi connectivity index (χ1v) is 7.20. The van der Waals surface area contributed by atoms with Crippen molar-refractivity contribution >= 4 is 10.8 Å². The summed E-state index contributed by atoms with van der Waals surface area (Å²) < 4.78 is 5.92. The fraction of sp³-hybridized carbons (Fsp3) is 0.412. The Morgan fingerprint density at radius 2 is 1.74 bits per heavy atom. The van der Waals surface area contributed by atoms with Crippen molar-refractivity contribution in [3.63, 3.8) is 0 Å². The molecule has 0 bridgehead atoms. The second kappa shape index (κ2) is 7.15. The Kier molecular flexibility index (Phi) is 5.22. The number of ether oxygens (including phenoxy) is 1. The van der Waals surface area contributed by atoms with Gasteiger partial charge < -0.3 is 10.5 Å². The maximum Gasteiger partial charge on any atom is 0.127 e. The third-order valence-electron chi connectivity index (χ3n) is 3.45. The van der Waals surface area contributed by atoms with E-state index in [9.17, 15) is 0 Å². The highest BCUT2D eigenvalue weighted by molar-refractivity contribution is 5.91. The highest BCUT2D eigenvalue weighted by atomic mass is 16.5. The van der Waals surface area contributed by atoms with Gasteiger partial charge in [-0.15, -0.1) is 0 Å². The van der Waals surface area contributed by atoms with Gasteiger partial charge >= 0.3 is 0 Å². The summed E-state index contributed by atoms with van der Waals surface area (Å²) in [4.78, 5) is 0. The van der Waals surface area contributed by atoms with Crippen molar-refractivity contribution in [3.05, 3.63) is 42.0 Å². The molecular weight excluding hydrogens is 234 g/mol. The Morgan fingerprint density at radius 1 is 0.947 bits per heavy atom. The molecule has 102 valence electrons. The van der Waals surface area contributed by atoms with E-state index in [2.05, 4.69) is 25.1 Å². The first-order valence-electron chi connectivity index (χ1n) is 7.20. The molecule has 0 unspecified atom stereocenters. The van der Waals surface area contributed by atoms with Gasteiger partial charge in [0.2, 0.25) is 0 Å². The van der Waals surface area contributed by atoms with Crippen LogP contribution in [-0.2, 0) is 6.54 Å². The van der Waals surface area contributed by atoms with Crippen molar-refractivity contribution in [2.24, 2.45) is 5.73 Å². The van der Waals surface area contributed by atoms with E-state index in [1.165, 1.54) is 35.6 Å². The second-order valence-corrected chi connectivity index (χ2v) is 4.88. The van der Waals surface area contributed by atoms with Crippen LogP contribution in [0.3, 0.4) is 0 Å². The fourth-order valence-electron chi connectivity index (χ4n) is 2.35. The smallest absolute Gasteiger partial charge is 0.127 e. The van der Waals surface area contributed by atoms with Crippen molar-refractivity contribution in [2.45, 2.75) is 39.2 Å². The van der Waals surface area contributed by atoms with E-state index in [4.69, 9.17) is 10.5 Å². The van der Waals surface area contributed by atoms with Gasteiger partial charge in [-0.25, -0.2) is 0 Å². The van der Waals surface area contributed by atoms with Crippen LogP contribution in [0, 0.1) is 0 Å². The minimum atomic E-state index is 0.567. The molecule has 2 aromatic rings. The van der Waals surface area contributed by atoms with Crippen LogP contribution in [0.5, 0.6) is 5.75 Å². The molecule has 0 fully saturated rings. The van der Waals surface area contributed by atoms with E-state index in [1.807, 2.05) is 18.2 Å². The molecule has 2 aromatic carbocycles. The number of benzene rings is 2. The van der Waals surface area contributed by atoms with Gasteiger partial charge in [0, 0.05) is 11.9 Å². The maximum absolute atomic E-state index is 5.92. The van der Waals surface area contributed by atoms with Crippen molar-refractivity contribution in [3.8, 4) is 5.75 Å². The molecule has 0 atom stereocenters. The van der Waals surface area contributed by atoms with Crippen LogP contribution < -0.4 is 10.5 Å². The topological polar surface area (TPSA) is 35.2 Å². The highest BCUT2D eigenvalue weighted by Gasteiger charge is 2.05. The Hall–Kier alpha value is -1.54. The Morgan fingerprint density at radius 3 is 2.47 bits per heavy atom. The van der Waals surface area contributed by atoms with Gasteiger partial charge in [0.25, 0.3) is 0 Å². The molecule has 0 aromatic heterocycles. The summed E-state index contributed by atoms with van der Waals surface area (Å²) in [6.07, 6.45) is 4.92. The second-order valence-electron chi connectivity index (χ2n) is 4.88. The molecule has 0 saturated heterocycles. The molecule has 19 heavy (non-hydrogen) atoms. The molecule has 2 heteroatoms. The molecule has 0 saturated carbocycles. The molecule has 2 nitrogen and oxygen atoms in total. The Labute approximate surface area is 115 Å². The van der Waals surface area contributed by atoms with E-state index < -0.39 is 0 Å². The van der Waals surface area contributed by atoms with Gasteiger partial charge in [0.15, 0.2) is 0 Å². The average molecular weight is 257 g/mol. The predicted octanol–water partition coefficient (Wildman–Crippen LogP) is 4.26. The highest BCUT2D eigenvalue weighted by Crippen LogP contribution is 2.28. The van der Waals surface area contributed by atoms with Crippen LogP contribution in [0.25, 0.3) is 10.8 Å². The molecule has 2 N–H and O–H groups in total. The Balaban J connectivity index is 2.11. The fourth-order valence-corrected chi connectivity index (χ4v) is 2.35. The quantitative estimate of drug-likeness (QED) is 0.752. The summed E-state index contributed by atoms with van der Waals surface area (Å²) in [6, 6.07) is 12.4. The number of unbranched alkanes of at least 4 members (excludes halogenated alkanes) is 3. The summed E-state index contributed by atoms with van der Waals surface area (Å²) in [7, 11) is 0. The summed E-state index contributed by atoms with van der Waals surface area (Å²) >= 11 is 0. The summed E-state index contributed by atoms with van der Waals surface area (Å²) in [5, 5.41) is 2.37. The van der Waals surface area contributed by atoms with Gasteiger partial charge in [0.05, 0.1) is 6.61 Å². The first-order chi connectivity index (χ1) is 9.36. The number of rotatable bonds is 7. The van der Waals surface area contributed by atoms with Gasteiger partial charge in [-0.3, -0.25) is 0 Å². The lowest BCUT2D eigenvalue weighted by molar-refractivity contribution is 0.308. The predicted molar refractivity (Wildman–Crippen MR) is 81.5 cm³/mol. The number of nitrogens with two attached hydrogens (primary N) is 1. The van der Waals surface area contributed by atoms with Crippen LogP contribution in [0.15, 0.2) is 36.4 Å². The molecule has 0 aliphatic carbocycles. The van der Waals surface area contributed by atoms with Crippen LogP contribution in [0.4, 0.5) is 0 Å². The molecule has 2 rings (SSSR count). The first kappa shape index (κ1) is 13.9. The van der Waals surface area contributed by atoms with Gasteiger partial charge in [0.1, 0.15) is 5.75 Å². The molecule has 0 amide bonds. The monoisotopic (exact) mass is 257 g/mol. The third kappa shape index (κ3) is 3.48. The van der Waals surface area contributed by atoms with Crippen LogP contribution in [0.2, 0.25) is 0 Å². The van der Waals surface area contributed by atoms with Gasteiger partial charge in [-0.05, 0) is 23.4 Å².